The lowest BCUT2D eigenvalue weighted by atomic mass is 10.1. The molecule has 0 spiro atoms. The van der Waals surface area contributed by atoms with Gasteiger partial charge >= 0.3 is 0 Å². The fraction of sp³-hybridized carbons (Fsp3) is 0.517. The van der Waals surface area contributed by atoms with E-state index in [9.17, 15) is 15.3 Å². The fourth-order valence-electron chi connectivity index (χ4n) is 5.63. The molecule has 6 rings (SSSR count). The number of hydrogen-bond acceptors (Lipinski definition) is 12. The molecule has 224 valence electrons. The maximum Gasteiger partial charge on any atom is 0.226 e. The van der Waals surface area contributed by atoms with Crippen LogP contribution in [0.5, 0.6) is 0 Å². The molecule has 0 unspecified atom stereocenters. The minimum absolute atomic E-state index is 0.270. The van der Waals surface area contributed by atoms with Crippen molar-refractivity contribution in [2.75, 3.05) is 49.7 Å². The Balaban J connectivity index is 1.31. The van der Waals surface area contributed by atoms with Crippen LogP contribution in [0.3, 0.4) is 0 Å². The predicted octanol–water partition coefficient (Wildman–Crippen LogP) is 1.88. The number of nitrogens with zero attached hydrogens (tertiary/aromatic N) is 7. The van der Waals surface area contributed by atoms with Gasteiger partial charge in [0.1, 0.15) is 25.0 Å². The third-order valence-corrected chi connectivity index (χ3v) is 8.03. The van der Waals surface area contributed by atoms with E-state index in [0.29, 0.717) is 54.6 Å². The van der Waals surface area contributed by atoms with E-state index in [1.807, 2.05) is 37.3 Å². The van der Waals surface area contributed by atoms with Gasteiger partial charge < -0.3 is 39.7 Å². The highest BCUT2D eigenvalue weighted by molar-refractivity contribution is 5.85. The molecule has 2 aliphatic heterocycles. The third kappa shape index (κ3) is 5.83. The van der Waals surface area contributed by atoms with E-state index in [-0.39, 0.29) is 6.73 Å². The van der Waals surface area contributed by atoms with E-state index in [1.165, 1.54) is 19.2 Å². The second kappa shape index (κ2) is 12.7. The average Bonchev–Trinajstić information content (AvgIpc) is 3.83. The van der Waals surface area contributed by atoms with Crippen LogP contribution in [-0.2, 0) is 17.6 Å². The van der Waals surface area contributed by atoms with Gasteiger partial charge in [-0.2, -0.15) is 9.97 Å². The quantitative estimate of drug-likeness (QED) is 0.181. The lowest BCUT2D eigenvalue weighted by Crippen LogP contribution is -2.30. The minimum atomic E-state index is -1.28. The highest BCUT2D eigenvalue weighted by Gasteiger charge is 2.47. The van der Waals surface area contributed by atoms with Crippen molar-refractivity contribution in [3.8, 4) is 0 Å². The van der Waals surface area contributed by atoms with E-state index in [2.05, 4.69) is 20.4 Å². The van der Waals surface area contributed by atoms with Crippen molar-refractivity contribution in [1.29, 1.82) is 0 Å². The zero-order valence-electron chi connectivity index (χ0n) is 23.7. The van der Waals surface area contributed by atoms with Gasteiger partial charge in [-0.25, -0.2) is 4.98 Å². The number of benzene rings is 1. The standard InChI is InChI=1S/C29H38N8O5/c1-2-20-16-21(42-34-20)25-23(39)24(40)28(41-25)37-17-31-22-26(36(18-38)14-10-19-8-4-3-5-9-19)32-29(33-27(22)37)30-11-15-35-12-6-7-13-35/h3-5,8-9,16-17,23-25,28,38-40H,2,6-7,10-15,18H2,1H3,(H,30,32,33)/t23-,24+,25+,28+/m0/s1. The smallest absolute Gasteiger partial charge is 0.226 e. The molecule has 0 amide bonds. The first-order valence-corrected chi connectivity index (χ1v) is 14.6. The van der Waals surface area contributed by atoms with Gasteiger partial charge in [-0.1, -0.05) is 42.4 Å². The van der Waals surface area contributed by atoms with Crippen LogP contribution in [0.4, 0.5) is 11.8 Å². The lowest BCUT2D eigenvalue weighted by molar-refractivity contribution is -0.0434. The fourth-order valence-corrected chi connectivity index (χ4v) is 5.63. The number of anilines is 2. The van der Waals surface area contributed by atoms with Gasteiger partial charge in [-0.05, 0) is 44.3 Å². The van der Waals surface area contributed by atoms with E-state index in [4.69, 9.17) is 19.2 Å². The van der Waals surface area contributed by atoms with Crippen molar-refractivity contribution in [1.82, 2.24) is 29.6 Å². The van der Waals surface area contributed by atoms with Gasteiger partial charge in [0.05, 0.1) is 12.0 Å². The summed E-state index contributed by atoms with van der Waals surface area (Å²) in [6.07, 6.45) is 0.885. The molecule has 4 aromatic rings. The van der Waals surface area contributed by atoms with Crippen LogP contribution in [-0.4, -0.2) is 96.6 Å². The summed E-state index contributed by atoms with van der Waals surface area (Å²) in [5, 5.41) is 39.7. The largest absolute Gasteiger partial charge is 0.387 e. The zero-order chi connectivity index (χ0) is 29.1. The normalized spacial score (nSPS) is 22.8. The van der Waals surface area contributed by atoms with Crippen LogP contribution in [0.2, 0.25) is 0 Å². The number of aromatic nitrogens is 5. The molecule has 0 saturated carbocycles. The Bertz CT molecular complexity index is 1460. The number of rotatable bonds is 12. The summed E-state index contributed by atoms with van der Waals surface area (Å²) in [7, 11) is 0. The predicted molar refractivity (Wildman–Crippen MR) is 155 cm³/mol. The Morgan fingerprint density at radius 1 is 1.10 bits per heavy atom. The summed E-state index contributed by atoms with van der Waals surface area (Å²) in [6, 6.07) is 11.8. The Labute approximate surface area is 243 Å². The molecular weight excluding hydrogens is 540 g/mol. The molecule has 2 fully saturated rings. The molecule has 2 saturated heterocycles. The number of ether oxygens (including phenoxy) is 1. The Hall–Kier alpha value is -3.62. The first-order chi connectivity index (χ1) is 20.6. The van der Waals surface area contributed by atoms with Crippen LogP contribution < -0.4 is 10.2 Å². The topological polar surface area (TPSA) is 158 Å². The van der Waals surface area contributed by atoms with Gasteiger partial charge in [0.15, 0.2) is 29.0 Å². The summed E-state index contributed by atoms with van der Waals surface area (Å²) in [5.74, 6) is 1.19. The number of likely N-dealkylation sites (tertiary alicyclic amines) is 1. The van der Waals surface area contributed by atoms with E-state index < -0.39 is 24.5 Å². The van der Waals surface area contributed by atoms with Crippen LogP contribution in [0.25, 0.3) is 11.2 Å². The first kappa shape index (κ1) is 28.5. The van der Waals surface area contributed by atoms with E-state index in [0.717, 1.165) is 30.9 Å². The van der Waals surface area contributed by atoms with Crippen LogP contribution >= 0.6 is 0 Å². The molecule has 42 heavy (non-hydrogen) atoms. The van der Waals surface area contributed by atoms with Gasteiger partial charge in [0.25, 0.3) is 0 Å². The van der Waals surface area contributed by atoms with Gasteiger partial charge in [0.2, 0.25) is 5.95 Å². The van der Waals surface area contributed by atoms with Crippen molar-refractivity contribution in [2.24, 2.45) is 0 Å². The van der Waals surface area contributed by atoms with E-state index in [1.54, 1.807) is 15.5 Å². The molecule has 0 bridgehead atoms. The number of hydrogen-bond donors (Lipinski definition) is 4. The number of aliphatic hydroxyl groups excluding tert-OH is 3. The number of fused-ring (bicyclic) bond motifs is 1. The highest BCUT2D eigenvalue weighted by Crippen LogP contribution is 2.40. The van der Waals surface area contributed by atoms with Gasteiger partial charge in [0, 0.05) is 25.7 Å². The second-order valence-corrected chi connectivity index (χ2v) is 10.8. The van der Waals surface area contributed by atoms with Crippen LogP contribution in [0.1, 0.15) is 49.1 Å². The third-order valence-electron chi connectivity index (χ3n) is 8.03. The van der Waals surface area contributed by atoms with Crippen molar-refractivity contribution >= 4 is 22.9 Å². The van der Waals surface area contributed by atoms with Gasteiger partial charge in [-0.15, -0.1) is 0 Å². The Kier molecular flexibility index (Phi) is 8.63. The molecule has 13 heteroatoms. The molecule has 0 aliphatic carbocycles. The summed E-state index contributed by atoms with van der Waals surface area (Å²) < 4.78 is 13.1. The molecule has 5 heterocycles. The van der Waals surface area contributed by atoms with Crippen molar-refractivity contribution in [3.63, 3.8) is 0 Å². The number of aryl methyl sites for hydroxylation is 1. The number of nitrogens with one attached hydrogen (secondary N) is 1. The van der Waals surface area contributed by atoms with Crippen LogP contribution in [0.15, 0.2) is 47.2 Å². The summed E-state index contributed by atoms with van der Waals surface area (Å²) in [6.45, 7) is 5.87. The lowest BCUT2D eigenvalue weighted by Gasteiger charge is -2.23. The maximum atomic E-state index is 11.1. The minimum Gasteiger partial charge on any atom is -0.387 e. The Morgan fingerprint density at radius 2 is 1.90 bits per heavy atom. The van der Waals surface area contributed by atoms with Crippen molar-refractivity contribution in [3.05, 3.63) is 59.7 Å². The molecule has 13 nitrogen and oxygen atoms in total. The Morgan fingerprint density at radius 3 is 2.64 bits per heavy atom. The van der Waals surface area contributed by atoms with Crippen molar-refractivity contribution < 1.29 is 24.6 Å². The average molecular weight is 579 g/mol. The molecule has 4 atom stereocenters. The van der Waals surface area contributed by atoms with E-state index >= 15 is 0 Å². The highest BCUT2D eigenvalue weighted by atomic mass is 16.6. The number of imidazole rings is 1. The molecule has 4 N–H and O–H groups in total. The first-order valence-electron chi connectivity index (χ1n) is 14.6. The molecular formula is C29H38N8O5. The van der Waals surface area contributed by atoms with Crippen molar-refractivity contribution in [2.45, 2.75) is 57.1 Å². The summed E-state index contributed by atoms with van der Waals surface area (Å²) in [5.41, 5.74) is 2.72. The van der Waals surface area contributed by atoms with Crippen LogP contribution in [0, 0.1) is 0 Å². The summed E-state index contributed by atoms with van der Waals surface area (Å²) in [4.78, 5) is 18.3. The molecule has 0 radical (unpaired) electrons. The summed E-state index contributed by atoms with van der Waals surface area (Å²) >= 11 is 0. The molecule has 1 aromatic carbocycles. The van der Waals surface area contributed by atoms with Gasteiger partial charge in [-0.3, -0.25) is 4.57 Å². The SMILES string of the molecule is CCc1cc([C@H]2O[C@@H](n3cnc4c(N(CO)CCc5ccccc5)nc(NCCN5CCCC5)nc43)[C@H](O)[C@@H]2O)on1. The number of aliphatic hydroxyl groups is 3. The second-order valence-electron chi connectivity index (χ2n) is 10.8. The molecule has 3 aromatic heterocycles. The molecule has 2 aliphatic rings. The zero-order valence-corrected chi connectivity index (χ0v) is 23.7. The maximum absolute atomic E-state index is 11.1. The monoisotopic (exact) mass is 578 g/mol.